The van der Waals surface area contributed by atoms with Crippen molar-refractivity contribution >= 4 is 23.6 Å². The fraction of sp³-hybridized carbons (Fsp3) is 0.300. The van der Waals surface area contributed by atoms with Gasteiger partial charge in [0.05, 0.1) is 11.0 Å². The van der Waals surface area contributed by atoms with E-state index in [-0.39, 0.29) is 39.9 Å². The molecule has 0 unspecified atom stereocenters. The maximum absolute atomic E-state index is 11.3. The van der Waals surface area contributed by atoms with Crippen LogP contribution in [0.15, 0.2) is 29.2 Å². The highest BCUT2D eigenvalue weighted by atomic mass is 32.2. The van der Waals surface area contributed by atoms with Crippen LogP contribution in [0.1, 0.15) is 24.2 Å². The number of aromatic hydroxyl groups is 4. The minimum atomic E-state index is -1.26. The normalized spacial score (nSPS) is 18.5. The summed E-state index contributed by atoms with van der Waals surface area (Å²) in [5.41, 5.74) is 0.601. The van der Waals surface area contributed by atoms with E-state index in [1.807, 2.05) is 0 Å². The number of phenolic OH excluding ortho intramolecular Hbond substituents is 4. The molecule has 1 aliphatic heterocycles. The van der Waals surface area contributed by atoms with Crippen LogP contribution in [0.3, 0.4) is 0 Å². The lowest BCUT2D eigenvalue weighted by Crippen LogP contribution is -2.41. The van der Waals surface area contributed by atoms with Crippen LogP contribution in [0, 0.1) is 0 Å². The molecule has 1 amide bonds. The number of ether oxygens (including phenoxy) is 1. The molecule has 7 N–H and O–H groups in total. The number of aliphatic hydroxyl groups is 1. The summed E-state index contributed by atoms with van der Waals surface area (Å²) >= 11 is 0.887. The fourth-order valence-corrected chi connectivity index (χ4v) is 4.26. The average molecular weight is 451 g/mol. The van der Waals surface area contributed by atoms with Crippen molar-refractivity contribution in [3.63, 3.8) is 0 Å². The Bertz CT molecular complexity index is 1030. The SMILES string of the molecule is CC(=O)N[C@@H](CSc1cc([C@H]2Oc3cc(O)cc(O)c3C[C@@H]2O)cc(O)c1O)C(=O)O. The Morgan fingerprint density at radius 3 is 2.52 bits per heavy atom. The number of nitrogens with one attached hydrogen (secondary N) is 1. The summed E-state index contributed by atoms with van der Waals surface area (Å²) in [7, 11) is 0. The van der Waals surface area contributed by atoms with Gasteiger partial charge in [-0.25, -0.2) is 4.79 Å². The third-order valence-electron chi connectivity index (χ3n) is 4.67. The summed E-state index contributed by atoms with van der Waals surface area (Å²) in [6, 6.07) is 3.82. The van der Waals surface area contributed by atoms with Gasteiger partial charge in [0.15, 0.2) is 17.6 Å². The summed E-state index contributed by atoms with van der Waals surface area (Å²) in [4.78, 5) is 22.6. The number of carbonyl (C=O) groups excluding carboxylic acids is 1. The fourth-order valence-electron chi connectivity index (χ4n) is 3.23. The molecule has 1 heterocycles. The monoisotopic (exact) mass is 451 g/mol. The van der Waals surface area contributed by atoms with Gasteiger partial charge >= 0.3 is 5.97 Å². The molecule has 0 fully saturated rings. The topological polar surface area (TPSA) is 177 Å². The molecule has 2 aromatic rings. The zero-order valence-electron chi connectivity index (χ0n) is 16.3. The number of fused-ring (bicyclic) bond motifs is 1. The van der Waals surface area contributed by atoms with Crippen molar-refractivity contribution in [2.75, 3.05) is 5.75 Å². The quantitative estimate of drug-likeness (QED) is 0.250. The van der Waals surface area contributed by atoms with Crippen molar-refractivity contribution in [2.45, 2.75) is 36.5 Å². The molecule has 0 radical (unpaired) electrons. The van der Waals surface area contributed by atoms with Crippen LogP contribution in [0.5, 0.6) is 28.7 Å². The van der Waals surface area contributed by atoms with E-state index in [9.17, 15) is 40.2 Å². The number of carboxylic acid groups (broad SMARTS) is 1. The second-order valence-corrected chi connectivity index (χ2v) is 8.10. The van der Waals surface area contributed by atoms with Gasteiger partial charge in [-0.3, -0.25) is 4.79 Å². The van der Waals surface area contributed by atoms with Gasteiger partial charge < -0.3 is 40.7 Å². The van der Waals surface area contributed by atoms with E-state index >= 15 is 0 Å². The Hall–Kier alpha value is -3.31. The molecule has 10 nitrogen and oxygen atoms in total. The van der Waals surface area contributed by atoms with Gasteiger partial charge in [-0.2, -0.15) is 0 Å². The summed E-state index contributed by atoms with van der Waals surface area (Å²) in [6.07, 6.45) is -2.10. The van der Waals surface area contributed by atoms with E-state index in [1.54, 1.807) is 0 Å². The summed E-state index contributed by atoms with van der Waals surface area (Å²) in [5.74, 6) is -3.21. The number of thioether (sulfide) groups is 1. The number of amides is 1. The van der Waals surface area contributed by atoms with Crippen LogP contribution in [0.2, 0.25) is 0 Å². The Labute approximate surface area is 180 Å². The average Bonchev–Trinajstić information content (AvgIpc) is 2.67. The molecule has 0 aromatic heterocycles. The number of hydrogen-bond donors (Lipinski definition) is 7. The van der Waals surface area contributed by atoms with Crippen molar-refractivity contribution < 1.29 is 45.0 Å². The first kappa shape index (κ1) is 22.4. The molecule has 31 heavy (non-hydrogen) atoms. The third kappa shape index (κ3) is 4.89. The Balaban J connectivity index is 1.88. The van der Waals surface area contributed by atoms with E-state index in [2.05, 4.69) is 5.32 Å². The maximum atomic E-state index is 11.3. The van der Waals surface area contributed by atoms with Crippen LogP contribution in [0.4, 0.5) is 0 Å². The number of aliphatic carboxylic acids is 1. The highest BCUT2D eigenvalue weighted by molar-refractivity contribution is 7.99. The first-order valence-electron chi connectivity index (χ1n) is 9.15. The molecular weight excluding hydrogens is 430 g/mol. The van der Waals surface area contributed by atoms with Crippen molar-refractivity contribution in [1.29, 1.82) is 0 Å². The third-order valence-corrected chi connectivity index (χ3v) is 5.80. The Kier molecular flexibility index (Phi) is 6.37. The molecule has 11 heteroatoms. The van der Waals surface area contributed by atoms with Crippen molar-refractivity contribution in [1.82, 2.24) is 5.32 Å². The molecule has 0 saturated carbocycles. The summed E-state index contributed by atoms with van der Waals surface area (Å²) in [6.45, 7) is 1.18. The number of rotatable bonds is 6. The number of carbonyl (C=O) groups is 2. The van der Waals surface area contributed by atoms with Gasteiger partial charge in [-0.15, -0.1) is 11.8 Å². The number of hydrogen-bond acceptors (Lipinski definition) is 9. The lowest BCUT2D eigenvalue weighted by atomic mass is 9.94. The van der Waals surface area contributed by atoms with Crippen molar-refractivity contribution in [3.8, 4) is 28.7 Å². The zero-order chi connectivity index (χ0) is 22.9. The minimum absolute atomic E-state index is 0.0137. The predicted octanol–water partition coefficient (Wildman–Crippen LogP) is 1.23. The predicted molar refractivity (Wildman–Crippen MR) is 109 cm³/mol. The van der Waals surface area contributed by atoms with E-state index in [4.69, 9.17) is 4.74 Å². The molecule has 3 atom stereocenters. The molecule has 0 aliphatic carbocycles. The smallest absolute Gasteiger partial charge is 0.327 e. The summed E-state index contributed by atoms with van der Waals surface area (Å²) < 4.78 is 5.74. The van der Waals surface area contributed by atoms with Crippen LogP contribution < -0.4 is 10.1 Å². The molecule has 166 valence electrons. The van der Waals surface area contributed by atoms with E-state index in [0.29, 0.717) is 5.56 Å². The van der Waals surface area contributed by atoms with Gasteiger partial charge in [0.2, 0.25) is 5.91 Å². The van der Waals surface area contributed by atoms with Crippen molar-refractivity contribution in [2.24, 2.45) is 0 Å². The van der Waals surface area contributed by atoms with Gasteiger partial charge in [0.25, 0.3) is 0 Å². The van der Waals surface area contributed by atoms with Crippen LogP contribution in [-0.4, -0.2) is 60.4 Å². The van der Waals surface area contributed by atoms with E-state index in [1.165, 1.54) is 25.1 Å². The van der Waals surface area contributed by atoms with Crippen LogP contribution in [-0.2, 0) is 16.0 Å². The molecule has 2 aromatic carbocycles. The standard InChI is InChI=1S/C20H21NO9S/c1-8(22)21-12(20(28)29)7-31-17-3-9(2-14(25)18(17)27)19-15(26)6-11-13(24)4-10(23)5-16(11)30-19/h2-5,12,15,19,23-27H,6-7H2,1H3,(H,21,22)(H,28,29)/t12-,15-,19+/m0/s1. The molecule has 0 saturated heterocycles. The highest BCUT2D eigenvalue weighted by Crippen LogP contribution is 2.45. The first-order chi connectivity index (χ1) is 14.6. The first-order valence-corrected chi connectivity index (χ1v) is 10.1. The second-order valence-electron chi connectivity index (χ2n) is 7.04. The van der Waals surface area contributed by atoms with Crippen molar-refractivity contribution in [3.05, 3.63) is 35.4 Å². The van der Waals surface area contributed by atoms with E-state index < -0.39 is 41.6 Å². The highest BCUT2D eigenvalue weighted by Gasteiger charge is 2.33. The molecule has 1 aliphatic rings. The Morgan fingerprint density at radius 2 is 1.87 bits per heavy atom. The van der Waals surface area contributed by atoms with Crippen LogP contribution >= 0.6 is 11.8 Å². The minimum Gasteiger partial charge on any atom is -0.508 e. The number of aliphatic hydroxyl groups excluding tert-OH is 1. The van der Waals surface area contributed by atoms with Gasteiger partial charge in [0, 0.05) is 42.4 Å². The maximum Gasteiger partial charge on any atom is 0.327 e. The number of benzene rings is 2. The molecular formula is C20H21NO9S. The van der Waals surface area contributed by atoms with E-state index in [0.717, 1.165) is 17.8 Å². The lowest BCUT2D eigenvalue weighted by Gasteiger charge is -2.31. The number of carboxylic acids is 1. The largest absolute Gasteiger partial charge is 0.508 e. The molecule has 3 rings (SSSR count). The molecule has 0 bridgehead atoms. The lowest BCUT2D eigenvalue weighted by molar-refractivity contribution is -0.140. The Morgan fingerprint density at radius 1 is 1.16 bits per heavy atom. The van der Waals surface area contributed by atoms with Gasteiger partial charge in [-0.05, 0) is 12.1 Å². The second kappa shape index (κ2) is 8.82. The van der Waals surface area contributed by atoms with Crippen LogP contribution in [0.25, 0.3) is 0 Å². The number of phenols is 4. The molecule has 0 spiro atoms. The zero-order valence-corrected chi connectivity index (χ0v) is 17.1. The van der Waals surface area contributed by atoms with Gasteiger partial charge in [-0.1, -0.05) is 0 Å². The summed E-state index contributed by atoms with van der Waals surface area (Å²) in [5, 5.41) is 62.0. The van der Waals surface area contributed by atoms with Gasteiger partial charge in [0.1, 0.15) is 23.3 Å².